The van der Waals surface area contributed by atoms with Crippen molar-refractivity contribution in [3.8, 4) is 17.0 Å². The van der Waals surface area contributed by atoms with Gasteiger partial charge < -0.3 is 15.4 Å². The third kappa shape index (κ3) is 7.64. The normalized spacial score (nSPS) is 18.5. The third-order valence-corrected chi connectivity index (χ3v) is 9.32. The van der Waals surface area contributed by atoms with Crippen LogP contribution in [0.25, 0.3) is 11.3 Å². The molecular formula is C25H31ClF7N5O4S. The van der Waals surface area contributed by atoms with Crippen molar-refractivity contribution in [3.05, 3.63) is 23.0 Å². The Morgan fingerprint density at radius 1 is 1.16 bits per heavy atom. The van der Waals surface area contributed by atoms with Crippen molar-refractivity contribution in [2.45, 2.75) is 82.5 Å². The van der Waals surface area contributed by atoms with Gasteiger partial charge in [0.25, 0.3) is 5.91 Å². The van der Waals surface area contributed by atoms with Crippen molar-refractivity contribution >= 4 is 33.2 Å². The highest BCUT2D eigenvalue weighted by atomic mass is 35.5. The lowest BCUT2D eigenvalue weighted by Crippen LogP contribution is -2.57. The summed E-state index contributed by atoms with van der Waals surface area (Å²) in [5, 5.41) is 8.08. The van der Waals surface area contributed by atoms with Gasteiger partial charge in [-0.15, -0.1) is 0 Å². The van der Waals surface area contributed by atoms with Gasteiger partial charge in [-0.2, -0.15) is 35.8 Å². The van der Waals surface area contributed by atoms with E-state index in [4.69, 9.17) is 11.6 Å². The number of halogens is 8. The quantitative estimate of drug-likeness (QED) is 0.286. The molecule has 0 atom stereocenters. The fraction of sp³-hybridized carbons (Fsp3) is 0.640. The average Bonchev–Trinajstić information content (AvgIpc) is 3.22. The third-order valence-electron chi connectivity index (χ3n) is 7.28. The van der Waals surface area contributed by atoms with Crippen molar-refractivity contribution in [2.24, 2.45) is 5.92 Å². The van der Waals surface area contributed by atoms with E-state index in [1.54, 1.807) is 6.92 Å². The summed E-state index contributed by atoms with van der Waals surface area (Å²) in [4.78, 5) is 16.8. The topological polar surface area (TPSA) is 115 Å². The Balaban J connectivity index is 1.88. The van der Waals surface area contributed by atoms with Crippen molar-refractivity contribution in [1.29, 1.82) is 0 Å². The summed E-state index contributed by atoms with van der Waals surface area (Å²) in [6.07, 6.45) is -1.78. The van der Waals surface area contributed by atoms with E-state index in [0.29, 0.717) is 45.6 Å². The van der Waals surface area contributed by atoms with Gasteiger partial charge in [0, 0.05) is 31.6 Å². The Labute approximate surface area is 248 Å². The molecule has 1 saturated carbocycles. The summed E-state index contributed by atoms with van der Waals surface area (Å²) in [6.45, 7) is -0.412. The number of hydrogen-bond acceptors (Lipinski definition) is 7. The molecule has 2 aromatic heterocycles. The van der Waals surface area contributed by atoms with E-state index in [1.165, 1.54) is 10.9 Å². The molecule has 43 heavy (non-hydrogen) atoms. The van der Waals surface area contributed by atoms with Gasteiger partial charge in [0.2, 0.25) is 0 Å². The molecule has 9 nitrogen and oxygen atoms in total. The standard InChI is InChI=1S/C25H31ClF7N5O4S/c1-5-38-20(18(26)19(37-38)21(39)35-11-13-6-8-14(9-7-13)43(4,40)41)15-12-34-17(10-16(15)42-22(27)28)36-23(2,3)24(29,30)25(31,32)33/h10,12-14,22H,5-9,11H2,1-4H3,(H,34,36)(H,35,39)/t13-,14-. The van der Waals surface area contributed by atoms with Crippen molar-refractivity contribution < 1.29 is 48.7 Å². The van der Waals surface area contributed by atoms with E-state index in [-0.39, 0.29) is 41.0 Å². The van der Waals surface area contributed by atoms with Crippen LogP contribution in [-0.2, 0) is 16.4 Å². The molecule has 18 heteroatoms. The predicted octanol–water partition coefficient (Wildman–Crippen LogP) is 5.94. The van der Waals surface area contributed by atoms with Crippen LogP contribution < -0.4 is 15.4 Å². The van der Waals surface area contributed by atoms with E-state index < -0.39 is 56.8 Å². The molecule has 0 bridgehead atoms. The first-order valence-corrected chi connectivity index (χ1v) is 15.4. The van der Waals surface area contributed by atoms with Crippen LogP contribution in [0.15, 0.2) is 12.3 Å². The number of nitrogens with one attached hydrogen (secondary N) is 2. The molecule has 1 fully saturated rings. The summed E-state index contributed by atoms with van der Waals surface area (Å²) in [7, 11) is -3.16. The zero-order valence-electron chi connectivity index (χ0n) is 23.5. The number of anilines is 1. The number of ether oxygens (including phenoxy) is 1. The van der Waals surface area contributed by atoms with Crippen molar-refractivity contribution in [3.63, 3.8) is 0 Å². The molecule has 2 N–H and O–H groups in total. The number of carbonyl (C=O) groups excluding carboxylic acids is 1. The number of rotatable bonds is 11. The molecule has 1 amide bonds. The smallest absolute Gasteiger partial charge is 0.434 e. The Hall–Kier alpha value is -2.82. The second-order valence-corrected chi connectivity index (χ2v) is 13.5. The molecule has 0 aliphatic heterocycles. The Morgan fingerprint density at radius 3 is 2.28 bits per heavy atom. The molecule has 2 heterocycles. The maximum atomic E-state index is 14.1. The average molecular weight is 666 g/mol. The first kappa shape index (κ1) is 34.7. The van der Waals surface area contributed by atoms with Crippen LogP contribution in [0.4, 0.5) is 36.6 Å². The number of hydrogen-bond donors (Lipinski definition) is 2. The zero-order valence-corrected chi connectivity index (χ0v) is 25.1. The van der Waals surface area contributed by atoms with Gasteiger partial charge in [-0.05, 0) is 52.4 Å². The molecule has 1 aliphatic carbocycles. The second kappa shape index (κ2) is 12.7. The second-order valence-electron chi connectivity index (χ2n) is 10.8. The van der Waals surface area contributed by atoms with E-state index in [1.807, 2.05) is 5.32 Å². The molecule has 2 aromatic rings. The van der Waals surface area contributed by atoms with E-state index in [2.05, 4.69) is 20.1 Å². The summed E-state index contributed by atoms with van der Waals surface area (Å²) in [6, 6.07) is 0.714. The van der Waals surface area contributed by atoms with Gasteiger partial charge in [0.15, 0.2) is 5.69 Å². The number of aromatic nitrogens is 3. The molecule has 0 unspecified atom stereocenters. The van der Waals surface area contributed by atoms with Crippen LogP contribution in [0.5, 0.6) is 5.75 Å². The first-order valence-electron chi connectivity index (χ1n) is 13.1. The molecule has 0 aromatic carbocycles. The molecule has 1 aliphatic rings. The van der Waals surface area contributed by atoms with Gasteiger partial charge in [-0.25, -0.2) is 13.4 Å². The highest BCUT2D eigenvalue weighted by Gasteiger charge is 2.66. The SMILES string of the molecule is CCn1nc(C(=O)NC[C@H]2CC[C@H](S(C)(=O)=O)CC2)c(Cl)c1-c1cnc(NC(C)(C)C(F)(F)C(F)(F)F)cc1OC(F)F. The lowest BCUT2D eigenvalue weighted by Gasteiger charge is -2.36. The number of nitrogens with zero attached hydrogens (tertiary/aromatic N) is 3. The largest absolute Gasteiger partial charge is 0.455 e. The Kier molecular flexibility index (Phi) is 10.2. The lowest BCUT2D eigenvalue weighted by molar-refractivity contribution is -0.299. The van der Waals surface area contributed by atoms with Crippen LogP contribution in [0, 0.1) is 5.92 Å². The Bertz CT molecular complexity index is 1430. The van der Waals surface area contributed by atoms with Gasteiger partial charge in [0.05, 0.1) is 21.5 Å². The fourth-order valence-electron chi connectivity index (χ4n) is 4.79. The number of carbonyl (C=O) groups is 1. The fourth-order valence-corrected chi connectivity index (χ4v) is 6.24. The monoisotopic (exact) mass is 665 g/mol. The summed E-state index contributed by atoms with van der Waals surface area (Å²) in [5.41, 5.74) is -3.53. The molecule has 0 saturated heterocycles. The maximum Gasteiger partial charge on any atom is 0.455 e. The van der Waals surface area contributed by atoms with Crippen LogP contribution in [0.2, 0.25) is 5.02 Å². The number of alkyl halides is 7. The summed E-state index contributed by atoms with van der Waals surface area (Å²) in [5.74, 6) is -7.22. The van der Waals surface area contributed by atoms with Gasteiger partial charge >= 0.3 is 18.7 Å². The lowest BCUT2D eigenvalue weighted by atomic mass is 9.89. The number of pyridine rings is 1. The van der Waals surface area contributed by atoms with Crippen LogP contribution >= 0.6 is 11.6 Å². The molecular weight excluding hydrogens is 635 g/mol. The highest BCUT2D eigenvalue weighted by molar-refractivity contribution is 7.91. The van der Waals surface area contributed by atoms with E-state index in [9.17, 15) is 43.9 Å². The molecule has 0 radical (unpaired) electrons. The number of aryl methyl sites for hydroxylation is 1. The Morgan fingerprint density at radius 2 is 1.77 bits per heavy atom. The number of amides is 1. The molecule has 3 rings (SSSR count). The summed E-state index contributed by atoms with van der Waals surface area (Å²) >= 11 is 6.47. The minimum Gasteiger partial charge on any atom is -0.434 e. The summed E-state index contributed by atoms with van der Waals surface area (Å²) < 4.78 is 123. The highest BCUT2D eigenvalue weighted by Crippen LogP contribution is 2.45. The minimum absolute atomic E-state index is 0.0118. The first-order chi connectivity index (χ1) is 19.7. The molecule has 0 spiro atoms. The maximum absolute atomic E-state index is 14.1. The van der Waals surface area contributed by atoms with Crippen LogP contribution in [0.3, 0.4) is 0 Å². The van der Waals surface area contributed by atoms with Gasteiger partial charge in [0.1, 0.15) is 26.9 Å². The number of sulfone groups is 1. The van der Waals surface area contributed by atoms with Crippen LogP contribution in [0.1, 0.15) is 56.9 Å². The van der Waals surface area contributed by atoms with E-state index >= 15 is 0 Å². The zero-order chi connectivity index (χ0) is 32.5. The van der Waals surface area contributed by atoms with Crippen LogP contribution in [-0.4, -0.2) is 71.4 Å². The van der Waals surface area contributed by atoms with Gasteiger partial charge in [-0.1, -0.05) is 11.6 Å². The van der Waals surface area contributed by atoms with E-state index in [0.717, 1.165) is 6.20 Å². The molecule has 242 valence electrons. The van der Waals surface area contributed by atoms with Gasteiger partial charge in [-0.3, -0.25) is 9.48 Å². The minimum atomic E-state index is -5.92. The van der Waals surface area contributed by atoms with Crippen molar-refractivity contribution in [1.82, 2.24) is 20.1 Å². The predicted molar refractivity (Wildman–Crippen MR) is 144 cm³/mol. The van der Waals surface area contributed by atoms with Crippen molar-refractivity contribution in [2.75, 3.05) is 18.1 Å².